The monoisotopic (exact) mass is 268 g/mol. The van der Waals surface area contributed by atoms with E-state index < -0.39 is 0 Å². The SMILES string of the molecule is CC(C)(C)c1nc(Br)c2c(O)cccn12. The number of nitrogens with zero attached hydrogens (tertiary/aromatic N) is 2. The number of aromatic hydroxyl groups is 1. The Kier molecular flexibility index (Phi) is 2.26. The molecule has 15 heavy (non-hydrogen) atoms. The number of fused-ring (bicyclic) bond motifs is 1. The fourth-order valence-electron chi connectivity index (χ4n) is 1.61. The van der Waals surface area contributed by atoms with E-state index in [9.17, 15) is 5.11 Å². The Labute approximate surface area is 96.9 Å². The summed E-state index contributed by atoms with van der Waals surface area (Å²) >= 11 is 3.37. The van der Waals surface area contributed by atoms with Crippen LogP contribution in [0.1, 0.15) is 26.6 Å². The molecule has 0 atom stereocenters. The lowest BCUT2D eigenvalue weighted by atomic mass is 9.96. The summed E-state index contributed by atoms with van der Waals surface area (Å²) in [6.45, 7) is 6.29. The molecule has 0 bridgehead atoms. The molecule has 2 heterocycles. The third-order valence-corrected chi connectivity index (χ3v) is 2.82. The molecule has 4 heteroatoms. The Morgan fingerprint density at radius 3 is 2.67 bits per heavy atom. The van der Waals surface area contributed by atoms with Crippen molar-refractivity contribution >= 4 is 21.4 Å². The van der Waals surface area contributed by atoms with Gasteiger partial charge < -0.3 is 5.11 Å². The van der Waals surface area contributed by atoms with Gasteiger partial charge in [0.15, 0.2) is 0 Å². The second-order valence-corrected chi connectivity index (χ2v) is 5.34. The van der Waals surface area contributed by atoms with Crippen LogP contribution in [0.5, 0.6) is 5.75 Å². The van der Waals surface area contributed by atoms with E-state index in [1.165, 1.54) is 0 Å². The smallest absolute Gasteiger partial charge is 0.142 e. The minimum absolute atomic E-state index is 0.0528. The van der Waals surface area contributed by atoms with E-state index in [-0.39, 0.29) is 11.2 Å². The van der Waals surface area contributed by atoms with E-state index in [0.29, 0.717) is 4.60 Å². The van der Waals surface area contributed by atoms with Gasteiger partial charge in [0.05, 0.1) is 0 Å². The largest absolute Gasteiger partial charge is 0.506 e. The zero-order valence-corrected chi connectivity index (χ0v) is 10.5. The average Bonchev–Trinajstić information content (AvgIpc) is 2.44. The summed E-state index contributed by atoms with van der Waals surface area (Å²) in [6, 6.07) is 3.47. The minimum Gasteiger partial charge on any atom is -0.506 e. The summed E-state index contributed by atoms with van der Waals surface area (Å²) in [5.41, 5.74) is 0.672. The van der Waals surface area contributed by atoms with Gasteiger partial charge in [0.25, 0.3) is 0 Å². The van der Waals surface area contributed by atoms with E-state index in [1.807, 2.05) is 16.7 Å². The summed E-state index contributed by atoms with van der Waals surface area (Å²) in [4.78, 5) is 4.44. The topological polar surface area (TPSA) is 37.5 Å². The van der Waals surface area contributed by atoms with Crippen molar-refractivity contribution in [1.82, 2.24) is 9.38 Å². The molecule has 3 nitrogen and oxygen atoms in total. The number of halogens is 1. The molecule has 0 saturated carbocycles. The normalized spacial score (nSPS) is 12.3. The van der Waals surface area contributed by atoms with Gasteiger partial charge in [0, 0.05) is 11.6 Å². The van der Waals surface area contributed by atoms with Gasteiger partial charge in [-0.05, 0) is 28.1 Å². The molecule has 2 aromatic heterocycles. The number of aromatic nitrogens is 2. The second kappa shape index (κ2) is 3.23. The van der Waals surface area contributed by atoms with E-state index in [0.717, 1.165) is 11.3 Å². The predicted molar refractivity (Wildman–Crippen MR) is 63.3 cm³/mol. The van der Waals surface area contributed by atoms with E-state index >= 15 is 0 Å². The van der Waals surface area contributed by atoms with Gasteiger partial charge >= 0.3 is 0 Å². The third kappa shape index (κ3) is 1.63. The Morgan fingerprint density at radius 1 is 1.40 bits per heavy atom. The van der Waals surface area contributed by atoms with Gasteiger partial charge in [-0.25, -0.2) is 4.98 Å². The van der Waals surface area contributed by atoms with Crippen molar-refractivity contribution in [1.29, 1.82) is 0 Å². The van der Waals surface area contributed by atoms with Gasteiger partial charge in [0.1, 0.15) is 21.7 Å². The van der Waals surface area contributed by atoms with Crippen molar-refractivity contribution in [2.24, 2.45) is 0 Å². The summed E-state index contributed by atoms with van der Waals surface area (Å²) in [6.07, 6.45) is 1.91. The maximum atomic E-state index is 9.74. The molecule has 0 aliphatic heterocycles. The Balaban J connectivity index is 2.85. The standard InChI is InChI=1S/C11H13BrN2O/c1-11(2,3)10-13-9(12)8-7(15)5-4-6-14(8)10/h4-6,15H,1-3H3. The van der Waals surface area contributed by atoms with Crippen LogP contribution in [0, 0.1) is 0 Å². The quantitative estimate of drug-likeness (QED) is 0.798. The lowest BCUT2D eigenvalue weighted by Gasteiger charge is -2.16. The van der Waals surface area contributed by atoms with Crippen molar-refractivity contribution in [2.75, 3.05) is 0 Å². The first-order valence-corrected chi connectivity index (χ1v) is 5.56. The van der Waals surface area contributed by atoms with Crippen LogP contribution < -0.4 is 0 Å². The molecule has 0 unspecified atom stereocenters. The molecule has 0 aliphatic rings. The Hall–Kier alpha value is -1.03. The average molecular weight is 269 g/mol. The molecule has 2 rings (SSSR count). The van der Waals surface area contributed by atoms with Crippen LogP contribution in [0.4, 0.5) is 0 Å². The van der Waals surface area contributed by atoms with Crippen LogP contribution in [0.3, 0.4) is 0 Å². The van der Waals surface area contributed by atoms with Crippen LogP contribution in [0.15, 0.2) is 22.9 Å². The van der Waals surface area contributed by atoms with Crippen LogP contribution >= 0.6 is 15.9 Å². The van der Waals surface area contributed by atoms with Crippen molar-refractivity contribution in [2.45, 2.75) is 26.2 Å². The molecule has 0 aliphatic carbocycles. The lowest BCUT2D eigenvalue weighted by Crippen LogP contribution is -2.15. The first-order valence-electron chi connectivity index (χ1n) is 4.77. The molecule has 0 radical (unpaired) electrons. The van der Waals surface area contributed by atoms with E-state index in [2.05, 4.69) is 41.7 Å². The highest BCUT2D eigenvalue weighted by atomic mass is 79.9. The van der Waals surface area contributed by atoms with Crippen molar-refractivity contribution in [3.8, 4) is 5.75 Å². The first kappa shape index (κ1) is 10.5. The molecular formula is C11H13BrN2O. The highest BCUT2D eigenvalue weighted by Gasteiger charge is 2.22. The Morgan fingerprint density at radius 2 is 2.07 bits per heavy atom. The third-order valence-electron chi connectivity index (χ3n) is 2.27. The number of rotatable bonds is 0. The summed E-state index contributed by atoms with van der Waals surface area (Å²) in [5.74, 6) is 1.17. The van der Waals surface area contributed by atoms with Crippen molar-refractivity contribution in [3.05, 3.63) is 28.8 Å². The second-order valence-electron chi connectivity index (χ2n) is 4.59. The number of hydrogen-bond donors (Lipinski definition) is 1. The van der Waals surface area contributed by atoms with E-state index in [4.69, 9.17) is 0 Å². The molecular weight excluding hydrogens is 256 g/mol. The maximum Gasteiger partial charge on any atom is 0.142 e. The molecule has 0 spiro atoms. The van der Waals surface area contributed by atoms with Crippen LogP contribution in [-0.4, -0.2) is 14.5 Å². The van der Waals surface area contributed by atoms with Gasteiger partial charge in [-0.1, -0.05) is 20.8 Å². The van der Waals surface area contributed by atoms with Gasteiger partial charge in [0.2, 0.25) is 0 Å². The van der Waals surface area contributed by atoms with Crippen molar-refractivity contribution < 1.29 is 5.11 Å². The maximum absolute atomic E-state index is 9.74. The van der Waals surface area contributed by atoms with Crippen LogP contribution in [-0.2, 0) is 5.41 Å². The molecule has 0 aromatic carbocycles. The number of imidazole rings is 1. The first-order chi connectivity index (χ1) is 6.91. The molecule has 80 valence electrons. The lowest BCUT2D eigenvalue weighted by molar-refractivity contribution is 0.477. The molecule has 0 fully saturated rings. The van der Waals surface area contributed by atoms with Crippen LogP contribution in [0.25, 0.3) is 5.52 Å². The fourth-order valence-corrected chi connectivity index (χ4v) is 2.17. The molecule has 0 saturated heterocycles. The number of hydrogen-bond acceptors (Lipinski definition) is 2. The molecule has 2 aromatic rings. The fraction of sp³-hybridized carbons (Fsp3) is 0.364. The van der Waals surface area contributed by atoms with Gasteiger partial charge in [-0.2, -0.15) is 0 Å². The summed E-state index contributed by atoms with van der Waals surface area (Å²) < 4.78 is 2.60. The zero-order valence-electron chi connectivity index (χ0n) is 8.95. The van der Waals surface area contributed by atoms with Gasteiger partial charge in [-0.3, -0.25) is 4.40 Å². The van der Waals surface area contributed by atoms with Gasteiger partial charge in [-0.15, -0.1) is 0 Å². The molecule has 1 N–H and O–H groups in total. The zero-order chi connectivity index (χ0) is 11.2. The molecule has 0 amide bonds. The Bertz CT molecular complexity index is 511. The van der Waals surface area contributed by atoms with E-state index in [1.54, 1.807) is 6.07 Å². The summed E-state index contributed by atoms with van der Waals surface area (Å²) in [5, 5.41) is 9.74. The highest BCUT2D eigenvalue weighted by molar-refractivity contribution is 9.10. The summed E-state index contributed by atoms with van der Waals surface area (Å²) in [7, 11) is 0. The highest BCUT2D eigenvalue weighted by Crippen LogP contribution is 2.31. The number of pyridine rings is 1. The van der Waals surface area contributed by atoms with Crippen molar-refractivity contribution in [3.63, 3.8) is 0 Å². The van der Waals surface area contributed by atoms with Crippen LogP contribution in [0.2, 0.25) is 0 Å². The predicted octanol–water partition coefficient (Wildman–Crippen LogP) is 3.10. The minimum atomic E-state index is -0.0528.